The van der Waals surface area contributed by atoms with Crippen molar-refractivity contribution in [2.24, 2.45) is 34.5 Å². The van der Waals surface area contributed by atoms with Gasteiger partial charge in [-0.2, -0.15) is 0 Å². The zero-order chi connectivity index (χ0) is 35.2. The zero-order valence-corrected chi connectivity index (χ0v) is 27.0. The van der Waals surface area contributed by atoms with Crippen LogP contribution in [-0.4, -0.2) is 135 Å². The first-order valence-electron chi connectivity index (χ1n) is 15.9. The van der Waals surface area contributed by atoms with Gasteiger partial charge in [-0.3, -0.25) is 4.79 Å². The lowest BCUT2D eigenvalue weighted by Crippen LogP contribution is -2.79. The first-order chi connectivity index (χ1) is 22.5. The second kappa shape index (κ2) is 11.8. The Bertz CT molecular complexity index is 1440. The Morgan fingerprint density at radius 2 is 1.73 bits per heavy atom. The minimum absolute atomic E-state index is 0.0457. The molecular formula is C32H42O16. The minimum atomic E-state index is -2.34. The van der Waals surface area contributed by atoms with Gasteiger partial charge in [0.2, 0.25) is 18.0 Å². The Balaban J connectivity index is 1.48. The van der Waals surface area contributed by atoms with E-state index in [-0.39, 0.29) is 18.8 Å². The number of ketones is 1. The summed E-state index contributed by atoms with van der Waals surface area (Å²) in [6.45, 7) is 5.53. The van der Waals surface area contributed by atoms with Crippen LogP contribution in [0, 0.1) is 34.5 Å². The molecule has 2 bridgehead atoms. The van der Waals surface area contributed by atoms with Crippen LogP contribution in [0.5, 0.6) is 0 Å². The molecule has 266 valence electrons. The second-order valence-electron chi connectivity index (χ2n) is 14.3. The van der Waals surface area contributed by atoms with E-state index in [0.29, 0.717) is 5.57 Å². The number of Topliss-reactive ketones (excluding diaryl/α,β-unsaturated/α-hetero) is 1. The lowest BCUT2D eigenvalue weighted by atomic mass is 9.38. The number of fused-ring (bicyclic) bond motifs is 2. The van der Waals surface area contributed by atoms with Crippen molar-refractivity contribution >= 4 is 23.7 Å². The van der Waals surface area contributed by atoms with Crippen molar-refractivity contribution in [2.45, 2.75) is 94.8 Å². The number of carbonyl (C=O) groups excluding carboxylic acids is 4. The predicted octanol–water partition coefficient (Wildman–Crippen LogP) is -2.37. The molecule has 5 unspecified atom stereocenters. The van der Waals surface area contributed by atoms with Gasteiger partial charge in [0.15, 0.2) is 11.5 Å². The maximum Gasteiger partial charge on any atom is 0.348 e. The number of hydrogen-bond acceptors (Lipinski definition) is 16. The van der Waals surface area contributed by atoms with Gasteiger partial charge in [-0.1, -0.05) is 19.4 Å². The van der Waals surface area contributed by atoms with Crippen molar-refractivity contribution < 1.29 is 78.2 Å². The number of ether oxygens (including phenoxy) is 6. The predicted molar refractivity (Wildman–Crippen MR) is 155 cm³/mol. The normalized spacial score (nSPS) is 49.1. The minimum Gasteiger partial charge on any atom is -0.467 e. The fraction of sp³-hybridized carbons (Fsp3) is 0.750. The first kappa shape index (κ1) is 34.9. The van der Waals surface area contributed by atoms with Crippen molar-refractivity contribution in [3.05, 3.63) is 23.5 Å². The SMILES string of the molecule is COC(=O)[C@@]12OCC34C1C(OC(=O)C=C(C)C)C(=O)O[C@@H]3C[C@H]1[C@H](C)C(=O)C(O[C@@H]3O[C@H](CO)[C@@H](O)[C@H](O)[C@H]3O)=C[C@]1(C)C4C(O)[C@@H]2O. The number of methoxy groups -OCH3 is 1. The topological polar surface area (TPSA) is 245 Å². The molecule has 0 amide bonds. The average molecular weight is 683 g/mol. The molecule has 16 heteroatoms. The highest BCUT2D eigenvalue weighted by Gasteiger charge is 2.85. The lowest BCUT2D eigenvalue weighted by molar-refractivity contribution is -0.296. The van der Waals surface area contributed by atoms with Gasteiger partial charge in [0.1, 0.15) is 36.6 Å². The number of allylic oxidation sites excluding steroid dienone is 3. The van der Waals surface area contributed by atoms with E-state index < -0.39 is 126 Å². The second-order valence-corrected chi connectivity index (χ2v) is 14.3. The first-order valence-corrected chi connectivity index (χ1v) is 15.9. The highest BCUT2D eigenvalue weighted by atomic mass is 16.7. The van der Waals surface area contributed by atoms with Gasteiger partial charge in [0.25, 0.3) is 0 Å². The van der Waals surface area contributed by atoms with E-state index in [2.05, 4.69) is 0 Å². The molecule has 3 heterocycles. The largest absolute Gasteiger partial charge is 0.467 e. The van der Waals surface area contributed by atoms with Crippen LogP contribution in [0.3, 0.4) is 0 Å². The molecule has 16 nitrogen and oxygen atoms in total. The van der Waals surface area contributed by atoms with E-state index in [1.165, 1.54) is 6.08 Å². The summed E-state index contributed by atoms with van der Waals surface area (Å²) >= 11 is 0. The molecule has 16 atom stereocenters. The van der Waals surface area contributed by atoms with Gasteiger partial charge in [-0.15, -0.1) is 0 Å². The molecule has 0 radical (unpaired) electrons. The Labute approximate surface area is 275 Å². The van der Waals surface area contributed by atoms with Gasteiger partial charge in [0, 0.05) is 23.3 Å². The third kappa shape index (κ3) is 4.57. The molecule has 2 saturated carbocycles. The fourth-order valence-corrected chi connectivity index (χ4v) is 9.57. The summed E-state index contributed by atoms with van der Waals surface area (Å²) in [5.74, 6) is -7.86. The van der Waals surface area contributed by atoms with E-state index in [0.717, 1.165) is 13.2 Å². The molecule has 0 aromatic heterocycles. The molecule has 0 aromatic carbocycles. The maximum atomic E-state index is 13.8. The van der Waals surface area contributed by atoms with E-state index in [9.17, 15) is 49.8 Å². The highest BCUT2D eigenvalue weighted by molar-refractivity contribution is 5.97. The molecule has 1 spiro atoms. The van der Waals surface area contributed by atoms with Crippen LogP contribution in [0.2, 0.25) is 0 Å². The standard InChI is InChI=1S/C32H42O16/c1-11(2)6-17(34)48-23-25-31-10-44-32(25,29(42)43-5)26(40)22(39)24(31)30(4)8-14(18(35)12(3)13(30)7-16(31)47-27(23)41)45-28-21(38)20(37)19(36)15(9-33)46-28/h6,8,12-13,15-16,19-26,28,33,36-40H,7,9-10H2,1-5H3/t12-,13-,15+,16+,19+,20-,21+,22?,23?,24?,25?,26-,28+,30-,31?,32+/m0/s1. The Morgan fingerprint density at radius 3 is 2.35 bits per heavy atom. The monoisotopic (exact) mass is 682 g/mol. The molecule has 6 N–H and O–H groups in total. The van der Waals surface area contributed by atoms with Crippen molar-refractivity contribution in [2.75, 3.05) is 20.3 Å². The highest BCUT2D eigenvalue weighted by Crippen LogP contribution is 2.72. The smallest absolute Gasteiger partial charge is 0.348 e. The summed E-state index contributed by atoms with van der Waals surface area (Å²) in [5.41, 5.74) is -4.52. The maximum absolute atomic E-state index is 13.8. The van der Waals surface area contributed by atoms with E-state index in [1.807, 2.05) is 0 Å². The van der Waals surface area contributed by atoms with Crippen LogP contribution in [-0.2, 0) is 47.6 Å². The summed E-state index contributed by atoms with van der Waals surface area (Å²) < 4.78 is 34.1. The summed E-state index contributed by atoms with van der Waals surface area (Å²) in [5, 5.41) is 64.6. The van der Waals surface area contributed by atoms with Crippen LogP contribution in [0.25, 0.3) is 0 Å². The molecule has 0 aromatic rings. The van der Waals surface area contributed by atoms with Crippen LogP contribution < -0.4 is 0 Å². The Hall–Kier alpha value is -2.96. The van der Waals surface area contributed by atoms with Crippen LogP contribution in [0.4, 0.5) is 0 Å². The fourth-order valence-electron chi connectivity index (χ4n) is 9.57. The number of aliphatic hydroxyl groups is 6. The van der Waals surface area contributed by atoms with Crippen LogP contribution >= 0.6 is 0 Å². The molecule has 6 rings (SSSR count). The lowest BCUT2D eigenvalue weighted by Gasteiger charge is -2.67. The number of esters is 3. The average Bonchev–Trinajstić information content (AvgIpc) is 3.34. The van der Waals surface area contributed by atoms with E-state index in [1.54, 1.807) is 27.7 Å². The molecule has 48 heavy (non-hydrogen) atoms. The van der Waals surface area contributed by atoms with Gasteiger partial charge in [-0.25, -0.2) is 14.4 Å². The molecule has 3 aliphatic heterocycles. The molecule has 6 aliphatic rings. The van der Waals surface area contributed by atoms with Crippen LogP contribution in [0.15, 0.2) is 23.5 Å². The molecular weight excluding hydrogens is 640 g/mol. The Morgan fingerprint density at radius 1 is 1.04 bits per heavy atom. The summed E-state index contributed by atoms with van der Waals surface area (Å²) in [4.78, 5) is 53.9. The number of aliphatic hydroxyl groups excluding tert-OH is 6. The summed E-state index contributed by atoms with van der Waals surface area (Å²) in [6.07, 6.45) is -12.2. The van der Waals surface area contributed by atoms with E-state index >= 15 is 0 Å². The molecule has 3 aliphatic carbocycles. The quantitative estimate of drug-likeness (QED) is 0.0974. The van der Waals surface area contributed by atoms with Gasteiger partial charge in [0.05, 0.1) is 32.3 Å². The number of hydrogen-bond donors (Lipinski definition) is 6. The van der Waals surface area contributed by atoms with Crippen molar-refractivity contribution in [1.29, 1.82) is 0 Å². The van der Waals surface area contributed by atoms with Crippen molar-refractivity contribution in [1.82, 2.24) is 0 Å². The van der Waals surface area contributed by atoms with Gasteiger partial charge in [-0.05, 0) is 37.7 Å². The zero-order valence-electron chi connectivity index (χ0n) is 27.0. The molecule has 5 fully saturated rings. The Kier molecular flexibility index (Phi) is 8.60. The van der Waals surface area contributed by atoms with Crippen molar-refractivity contribution in [3.63, 3.8) is 0 Å². The van der Waals surface area contributed by atoms with Crippen LogP contribution in [0.1, 0.15) is 34.1 Å². The summed E-state index contributed by atoms with van der Waals surface area (Å²) in [6, 6.07) is 0. The van der Waals surface area contributed by atoms with Gasteiger partial charge >= 0.3 is 17.9 Å². The number of rotatable bonds is 6. The third-order valence-electron chi connectivity index (χ3n) is 11.6. The molecule has 3 saturated heterocycles. The van der Waals surface area contributed by atoms with Gasteiger partial charge < -0.3 is 59.1 Å². The van der Waals surface area contributed by atoms with E-state index in [4.69, 9.17) is 28.4 Å². The third-order valence-corrected chi connectivity index (χ3v) is 11.6. The van der Waals surface area contributed by atoms with Crippen molar-refractivity contribution in [3.8, 4) is 0 Å². The number of carbonyl (C=O) groups is 4. The summed E-state index contributed by atoms with van der Waals surface area (Å²) in [7, 11) is 1.05.